The molecule has 9 heteroatoms. The quantitative estimate of drug-likeness (QED) is 0.169. The minimum Gasteiger partial charge on any atom is -0.656 e. The Hall–Kier alpha value is -9.88. The van der Waals surface area contributed by atoms with E-state index in [1.165, 1.54) is 0 Å². The Labute approximate surface area is 461 Å². The van der Waals surface area contributed by atoms with E-state index < -0.39 is 0 Å². The largest absolute Gasteiger partial charge is 2.00 e. The number of aromatic nitrogens is 8. The van der Waals surface area contributed by atoms with Crippen LogP contribution < -0.4 is 9.97 Å². The van der Waals surface area contributed by atoms with Crippen LogP contribution in [0.2, 0.25) is 0 Å². The monoisotopic (exact) mass is 1180 g/mol. The van der Waals surface area contributed by atoms with Crippen LogP contribution in [-0.2, 0) is 21.1 Å². The summed E-state index contributed by atoms with van der Waals surface area (Å²) >= 11 is 0. The van der Waals surface area contributed by atoms with Gasteiger partial charge >= 0.3 is 21.1 Å². The Balaban J connectivity index is 0.00000529. The normalized spacial score (nSPS) is 11.7. The number of nitrogens with zero attached hydrogens (tertiary/aromatic N) is 8. The molecule has 1 aliphatic carbocycles. The van der Waals surface area contributed by atoms with Crippen LogP contribution in [0.5, 0.6) is 0 Å². The van der Waals surface area contributed by atoms with E-state index >= 15 is 0 Å². The number of hydrogen-bond donors (Lipinski definition) is 0. The molecular weight excluding hydrogens is 1140 g/mol. The zero-order valence-corrected chi connectivity index (χ0v) is 43.8. The van der Waals surface area contributed by atoms with Gasteiger partial charge in [-0.3, -0.25) is 15.0 Å². The van der Waals surface area contributed by atoms with Crippen molar-refractivity contribution in [3.05, 3.63) is 243 Å². The van der Waals surface area contributed by atoms with Crippen LogP contribution in [0.25, 0.3) is 161 Å². The van der Waals surface area contributed by atoms with E-state index in [1.54, 1.807) is 0 Å². The molecule has 366 valence electrons. The summed E-state index contributed by atoms with van der Waals surface area (Å²) in [6, 6.07) is 78.5. The molecule has 7 aromatic carbocycles. The molecule has 8 heterocycles. The Morgan fingerprint density at radius 2 is 0.731 bits per heavy atom. The first kappa shape index (κ1) is 45.5. The van der Waals surface area contributed by atoms with E-state index in [0.29, 0.717) is 5.69 Å². The summed E-state index contributed by atoms with van der Waals surface area (Å²) in [4.78, 5) is 39.1. The third-order valence-electron chi connectivity index (χ3n) is 15.3. The zero-order chi connectivity index (χ0) is 50.6. The van der Waals surface area contributed by atoms with Crippen LogP contribution in [0, 0.1) is 0 Å². The Morgan fingerprint density at radius 3 is 1.27 bits per heavy atom. The van der Waals surface area contributed by atoms with Crippen molar-refractivity contribution in [2.45, 2.75) is 0 Å². The van der Waals surface area contributed by atoms with Crippen LogP contribution >= 0.6 is 0 Å². The molecule has 0 N–H and O–H groups in total. The Kier molecular flexibility index (Phi) is 10.6. The summed E-state index contributed by atoms with van der Waals surface area (Å²) in [6.45, 7) is 0. The number of rotatable bonds is 5. The van der Waals surface area contributed by atoms with Gasteiger partial charge in [0.25, 0.3) is 0 Å². The summed E-state index contributed by atoms with van der Waals surface area (Å²) in [5.41, 5.74) is 19.7. The minimum atomic E-state index is 0. The van der Waals surface area contributed by atoms with E-state index in [9.17, 15) is 0 Å². The van der Waals surface area contributed by atoms with Gasteiger partial charge in [-0.2, -0.15) is 0 Å². The fourth-order valence-corrected chi connectivity index (χ4v) is 12.0. The SMILES string of the molecule is [Pt+2].c1ccc(-c2c3nc(c(-c4ccccn4)c4[n-]c(c(-c5ccccc5)c5nc(c(-c6ccc7c(c6)c6ccccc6n7-c6ccccc6)c6[n-]c2c2ccccc62)-c2cccnc2-5)c2ccccc42)-c2cccnc2-3)cc1. The standard InChI is InChI=1S/C69H40N8.Pt/c1-4-20-41(21-5-1)56-60-46-27-10-11-28-47(46)62(73-60)58(43-35-36-55-52(40-43)45-26-14-15-34-54(45)77(55)44-24-8-3-9-25-44)64-50-31-18-38-71-66(50)68(75-64)57(42-22-6-2-7-23-42)61-48-29-12-13-30-49(48)63(74-61)59(53-33-16-17-37-70-53)65-51-32-19-39-72-67(51)69(56)76-65;/h1-40H;/q-2;+2. The van der Waals surface area contributed by atoms with E-state index in [1.807, 2.05) is 61.1 Å². The van der Waals surface area contributed by atoms with Crippen molar-refractivity contribution >= 4 is 65.4 Å². The van der Waals surface area contributed by atoms with Gasteiger partial charge in [-0.15, -0.1) is 22.1 Å². The van der Waals surface area contributed by atoms with Gasteiger partial charge in [-0.05, 0) is 122 Å². The number of hydrogen-bond acceptors (Lipinski definition) is 5. The molecule has 8 nitrogen and oxygen atoms in total. The van der Waals surface area contributed by atoms with Crippen LogP contribution in [0.1, 0.15) is 0 Å². The van der Waals surface area contributed by atoms with Gasteiger partial charge in [-0.1, -0.05) is 158 Å². The second kappa shape index (κ2) is 18.2. The molecule has 6 aromatic heterocycles. The van der Waals surface area contributed by atoms with Crippen molar-refractivity contribution in [3.8, 4) is 95.6 Å². The summed E-state index contributed by atoms with van der Waals surface area (Å²) in [5, 5.41) is 6.15. The molecule has 13 aromatic rings. The van der Waals surface area contributed by atoms with Crippen LogP contribution in [0.3, 0.4) is 0 Å². The number of pyridine rings is 3. The van der Waals surface area contributed by atoms with E-state index in [-0.39, 0.29) is 21.1 Å². The van der Waals surface area contributed by atoms with Crippen molar-refractivity contribution in [1.29, 1.82) is 0 Å². The number of para-hydroxylation sites is 2. The van der Waals surface area contributed by atoms with Gasteiger partial charge in [0, 0.05) is 51.7 Å². The van der Waals surface area contributed by atoms with Gasteiger partial charge in [0.15, 0.2) is 0 Å². The third kappa shape index (κ3) is 6.86. The summed E-state index contributed by atoms with van der Waals surface area (Å²) < 4.78 is 2.36. The van der Waals surface area contributed by atoms with Gasteiger partial charge < -0.3 is 14.5 Å². The molecule has 3 aliphatic rings. The molecule has 2 aliphatic heterocycles. The molecule has 0 atom stereocenters. The molecule has 8 bridgehead atoms. The summed E-state index contributed by atoms with van der Waals surface area (Å²) in [7, 11) is 0. The second-order valence-corrected chi connectivity index (χ2v) is 19.5. The van der Waals surface area contributed by atoms with Gasteiger partial charge in [-0.25, -0.2) is 9.97 Å². The van der Waals surface area contributed by atoms with E-state index in [4.69, 9.17) is 34.9 Å². The topological polar surface area (TPSA) is 97.6 Å². The van der Waals surface area contributed by atoms with Crippen molar-refractivity contribution in [2.75, 3.05) is 0 Å². The van der Waals surface area contributed by atoms with Crippen LogP contribution in [0.15, 0.2) is 243 Å². The van der Waals surface area contributed by atoms with Crippen LogP contribution in [0.4, 0.5) is 0 Å². The molecule has 78 heavy (non-hydrogen) atoms. The second-order valence-electron chi connectivity index (χ2n) is 19.5. The van der Waals surface area contributed by atoms with Gasteiger partial charge in [0.05, 0.1) is 50.9 Å². The van der Waals surface area contributed by atoms with Crippen molar-refractivity contribution < 1.29 is 21.1 Å². The Bertz CT molecular complexity index is 4870. The van der Waals surface area contributed by atoms with Crippen LogP contribution in [-0.4, -0.2) is 29.5 Å². The molecule has 0 saturated carbocycles. The minimum absolute atomic E-state index is 0. The molecule has 0 unspecified atom stereocenters. The average Bonchev–Trinajstić information content (AvgIpc) is 4.45. The smallest absolute Gasteiger partial charge is 0.656 e. The third-order valence-corrected chi connectivity index (χ3v) is 15.3. The fourth-order valence-electron chi connectivity index (χ4n) is 12.0. The van der Waals surface area contributed by atoms with Crippen molar-refractivity contribution in [3.63, 3.8) is 0 Å². The first-order chi connectivity index (χ1) is 38.2. The molecule has 0 saturated heterocycles. The fraction of sp³-hybridized carbons (Fsp3) is 0. The summed E-state index contributed by atoms with van der Waals surface area (Å²) in [6.07, 6.45) is 5.56. The molecular formula is C69H40N8Pt. The van der Waals surface area contributed by atoms with Crippen molar-refractivity contribution in [2.24, 2.45) is 0 Å². The molecule has 0 fully saturated rings. The van der Waals surface area contributed by atoms with Crippen molar-refractivity contribution in [1.82, 2.24) is 39.5 Å². The van der Waals surface area contributed by atoms with E-state index in [0.717, 1.165) is 155 Å². The molecule has 0 radical (unpaired) electrons. The maximum Gasteiger partial charge on any atom is 2.00 e. The summed E-state index contributed by atoms with van der Waals surface area (Å²) in [5.74, 6) is 0. The number of fused-ring (bicyclic) bond motifs is 3. The maximum atomic E-state index is 5.98. The molecule has 0 amide bonds. The average molecular weight is 1180 g/mol. The van der Waals surface area contributed by atoms with Gasteiger partial charge in [0.2, 0.25) is 0 Å². The number of benzene rings is 7. The first-order valence-corrected chi connectivity index (χ1v) is 25.8. The van der Waals surface area contributed by atoms with Gasteiger partial charge in [0.1, 0.15) is 0 Å². The predicted molar refractivity (Wildman–Crippen MR) is 312 cm³/mol. The maximum absolute atomic E-state index is 5.98. The predicted octanol–water partition coefficient (Wildman–Crippen LogP) is 16.5. The first-order valence-electron chi connectivity index (χ1n) is 25.8. The van der Waals surface area contributed by atoms with E-state index in [2.05, 4.69) is 187 Å². The molecule has 16 rings (SSSR count). The molecule has 0 spiro atoms. The Morgan fingerprint density at radius 1 is 0.295 bits per heavy atom. The zero-order valence-electron chi connectivity index (χ0n) is 41.5.